The molecule has 6 nitrogen and oxygen atoms in total. The second-order valence-corrected chi connectivity index (χ2v) is 7.54. The summed E-state index contributed by atoms with van der Waals surface area (Å²) in [5.74, 6) is 1.37. The lowest BCUT2D eigenvalue weighted by molar-refractivity contribution is -0.117. The first-order valence-electron chi connectivity index (χ1n) is 9.21. The van der Waals surface area contributed by atoms with Crippen LogP contribution in [0.4, 0.5) is 11.5 Å². The maximum Gasteiger partial charge on any atom is 0.246 e. The monoisotopic (exact) mass is 351 g/mol. The lowest BCUT2D eigenvalue weighted by Crippen LogP contribution is -2.51. The summed E-state index contributed by atoms with van der Waals surface area (Å²) in [6.07, 6.45) is 3.57. The molecule has 26 heavy (non-hydrogen) atoms. The van der Waals surface area contributed by atoms with E-state index in [1.165, 1.54) is 11.1 Å². The molecule has 1 aromatic heterocycles. The van der Waals surface area contributed by atoms with Gasteiger partial charge in [0.15, 0.2) is 0 Å². The molecule has 2 fully saturated rings. The third kappa shape index (κ3) is 3.29. The lowest BCUT2D eigenvalue weighted by Gasteiger charge is -2.36. The Morgan fingerprint density at radius 3 is 2.42 bits per heavy atom. The average molecular weight is 351 g/mol. The van der Waals surface area contributed by atoms with E-state index in [0.29, 0.717) is 25.0 Å². The van der Waals surface area contributed by atoms with Gasteiger partial charge >= 0.3 is 0 Å². The van der Waals surface area contributed by atoms with Crippen LogP contribution in [0.15, 0.2) is 30.6 Å². The minimum Gasteiger partial charge on any atom is -0.345 e. The van der Waals surface area contributed by atoms with Crippen molar-refractivity contribution in [2.24, 2.45) is 5.73 Å². The van der Waals surface area contributed by atoms with Gasteiger partial charge in [0.05, 0.1) is 6.54 Å². The summed E-state index contributed by atoms with van der Waals surface area (Å²) in [6, 6.07) is 8.59. The van der Waals surface area contributed by atoms with Gasteiger partial charge < -0.3 is 15.5 Å². The predicted molar refractivity (Wildman–Crippen MR) is 102 cm³/mol. The van der Waals surface area contributed by atoms with E-state index in [1.54, 1.807) is 6.33 Å². The fourth-order valence-electron chi connectivity index (χ4n) is 3.91. The fraction of sp³-hybridized carbons (Fsp3) is 0.450. The molecule has 2 N–H and O–H groups in total. The topological polar surface area (TPSA) is 75.3 Å². The molecule has 136 valence electrons. The molecule has 0 atom stereocenters. The van der Waals surface area contributed by atoms with Crippen LogP contribution in [0.5, 0.6) is 0 Å². The van der Waals surface area contributed by atoms with Gasteiger partial charge in [-0.25, -0.2) is 9.97 Å². The molecule has 1 aliphatic carbocycles. The number of rotatable bonds is 3. The van der Waals surface area contributed by atoms with Crippen molar-refractivity contribution >= 4 is 17.4 Å². The number of hydrogen-bond donors (Lipinski definition) is 1. The van der Waals surface area contributed by atoms with Crippen LogP contribution >= 0.6 is 0 Å². The summed E-state index contributed by atoms with van der Waals surface area (Å²) in [7, 11) is 0. The van der Waals surface area contributed by atoms with Gasteiger partial charge in [0.25, 0.3) is 0 Å². The molecule has 2 aromatic rings. The molecular formula is C20H25N5O. The Kier molecular flexibility index (Phi) is 4.36. The summed E-state index contributed by atoms with van der Waals surface area (Å²) in [4.78, 5) is 25.5. The van der Waals surface area contributed by atoms with Crippen molar-refractivity contribution in [2.75, 3.05) is 29.4 Å². The molecule has 1 saturated carbocycles. The second-order valence-electron chi connectivity index (χ2n) is 7.54. The Morgan fingerprint density at radius 1 is 1.04 bits per heavy atom. The lowest BCUT2D eigenvalue weighted by atomic mass is 9.78. The molecule has 6 heteroatoms. The molecule has 4 rings (SSSR count). The molecule has 2 aliphatic rings. The smallest absolute Gasteiger partial charge is 0.246 e. The van der Waals surface area contributed by atoms with E-state index in [4.69, 9.17) is 5.73 Å². The van der Waals surface area contributed by atoms with E-state index in [-0.39, 0.29) is 5.91 Å². The SMILES string of the molecule is Cc1cc(C)cc(N2CCN(c3cc(C4CC(N)C4)ncn3)CC2=O)c1. The molecule has 1 aliphatic heterocycles. The predicted octanol–water partition coefficient (Wildman–Crippen LogP) is 2.15. The largest absolute Gasteiger partial charge is 0.345 e. The Bertz CT molecular complexity index is 810. The van der Waals surface area contributed by atoms with E-state index < -0.39 is 0 Å². The quantitative estimate of drug-likeness (QED) is 0.917. The number of hydrogen-bond acceptors (Lipinski definition) is 5. The van der Waals surface area contributed by atoms with E-state index in [1.807, 2.05) is 15.9 Å². The first-order valence-corrected chi connectivity index (χ1v) is 9.21. The Labute approximate surface area is 154 Å². The zero-order valence-corrected chi connectivity index (χ0v) is 15.4. The number of benzene rings is 1. The van der Waals surface area contributed by atoms with Gasteiger partial charge in [0.2, 0.25) is 5.91 Å². The highest BCUT2D eigenvalue weighted by Gasteiger charge is 2.30. The van der Waals surface area contributed by atoms with Crippen LogP contribution in [0.2, 0.25) is 0 Å². The van der Waals surface area contributed by atoms with Crippen molar-refractivity contribution in [1.29, 1.82) is 0 Å². The summed E-state index contributed by atoms with van der Waals surface area (Å²) in [6.45, 7) is 5.89. The normalized spacial score (nSPS) is 23.1. The Morgan fingerprint density at radius 2 is 1.77 bits per heavy atom. The minimum atomic E-state index is 0.104. The van der Waals surface area contributed by atoms with Gasteiger partial charge in [0, 0.05) is 42.5 Å². The Balaban J connectivity index is 1.48. The van der Waals surface area contributed by atoms with Crippen LogP contribution in [0.25, 0.3) is 0 Å². The average Bonchev–Trinajstić information content (AvgIpc) is 2.58. The van der Waals surface area contributed by atoms with E-state index in [9.17, 15) is 4.79 Å². The molecule has 0 unspecified atom stereocenters. The standard InChI is InChI=1S/C20H25N5O/c1-13-5-14(2)7-17(6-13)25-4-3-24(11-20(25)26)19-10-18(22-12-23-19)15-8-16(21)9-15/h5-7,10,12,15-16H,3-4,8-9,11,21H2,1-2H3. The van der Waals surface area contributed by atoms with Gasteiger partial charge in [-0.05, 0) is 49.9 Å². The van der Waals surface area contributed by atoms with Crippen molar-refractivity contribution < 1.29 is 4.79 Å². The number of piperazine rings is 1. The fourth-order valence-corrected chi connectivity index (χ4v) is 3.91. The van der Waals surface area contributed by atoms with Gasteiger partial charge in [-0.3, -0.25) is 4.79 Å². The van der Waals surface area contributed by atoms with Crippen molar-refractivity contribution in [3.8, 4) is 0 Å². The molecule has 2 heterocycles. The van der Waals surface area contributed by atoms with Crippen LogP contribution in [0.1, 0.15) is 35.6 Å². The minimum absolute atomic E-state index is 0.104. The number of anilines is 2. The maximum atomic E-state index is 12.8. The number of nitrogens with zero attached hydrogens (tertiary/aromatic N) is 4. The van der Waals surface area contributed by atoms with E-state index in [2.05, 4.69) is 42.0 Å². The van der Waals surface area contributed by atoms with Crippen molar-refractivity contribution in [3.05, 3.63) is 47.4 Å². The summed E-state index contributed by atoms with van der Waals surface area (Å²) < 4.78 is 0. The number of carbonyl (C=O) groups is 1. The molecule has 1 amide bonds. The molecule has 0 spiro atoms. The highest BCUT2D eigenvalue weighted by molar-refractivity contribution is 5.97. The zero-order chi connectivity index (χ0) is 18.3. The maximum absolute atomic E-state index is 12.8. The second kappa shape index (κ2) is 6.68. The van der Waals surface area contributed by atoms with Crippen molar-refractivity contribution in [3.63, 3.8) is 0 Å². The summed E-state index contributed by atoms with van der Waals surface area (Å²) in [5.41, 5.74) is 10.3. The zero-order valence-electron chi connectivity index (χ0n) is 15.4. The number of carbonyl (C=O) groups excluding carboxylic acids is 1. The third-order valence-electron chi connectivity index (χ3n) is 5.33. The number of aromatic nitrogens is 2. The van der Waals surface area contributed by atoms with Crippen LogP contribution in [0.3, 0.4) is 0 Å². The van der Waals surface area contributed by atoms with E-state index in [0.717, 1.165) is 36.6 Å². The van der Waals surface area contributed by atoms with Crippen molar-refractivity contribution in [2.45, 2.75) is 38.6 Å². The number of amides is 1. The van der Waals surface area contributed by atoms with Crippen LogP contribution in [0, 0.1) is 13.8 Å². The Hall–Kier alpha value is -2.47. The molecule has 1 aromatic carbocycles. The first-order chi connectivity index (χ1) is 12.5. The molecule has 0 bridgehead atoms. The van der Waals surface area contributed by atoms with Crippen LogP contribution < -0.4 is 15.5 Å². The van der Waals surface area contributed by atoms with Gasteiger partial charge in [-0.2, -0.15) is 0 Å². The third-order valence-corrected chi connectivity index (χ3v) is 5.33. The van der Waals surface area contributed by atoms with Gasteiger partial charge in [-0.15, -0.1) is 0 Å². The summed E-state index contributed by atoms with van der Waals surface area (Å²) in [5, 5.41) is 0. The summed E-state index contributed by atoms with van der Waals surface area (Å²) >= 11 is 0. The number of aryl methyl sites for hydroxylation is 2. The molecule has 0 radical (unpaired) electrons. The van der Waals surface area contributed by atoms with Crippen LogP contribution in [-0.4, -0.2) is 41.6 Å². The molecule has 1 saturated heterocycles. The highest BCUT2D eigenvalue weighted by Crippen LogP contribution is 2.35. The highest BCUT2D eigenvalue weighted by atomic mass is 16.2. The van der Waals surface area contributed by atoms with Crippen LogP contribution in [-0.2, 0) is 4.79 Å². The van der Waals surface area contributed by atoms with Gasteiger partial charge in [0.1, 0.15) is 12.1 Å². The van der Waals surface area contributed by atoms with E-state index >= 15 is 0 Å². The van der Waals surface area contributed by atoms with Crippen molar-refractivity contribution in [1.82, 2.24) is 9.97 Å². The number of nitrogens with two attached hydrogens (primary N) is 1. The van der Waals surface area contributed by atoms with Gasteiger partial charge in [-0.1, -0.05) is 6.07 Å². The molecular weight excluding hydrogens is 326 g/mol. The first kappa shape index (κ1) is 17.0.